The van der Waals surface area contributed by atoms with Gasteiger partial charge in [-0.2, -0.15) is 0 Å². The van der Waals surface area contributed by atoms with Gasteiger partial charge in [0.15, 0.2) is 6.29 Å². The molecule has 0 radical (unpaired) electrons. The van der Waals surface area contributed by atoms with Gasteiger partial charge >= 0.3 is 5.97 Å². The molecule has 1 heterocycles. The highest BCUT2D eigenvalue weighted by atomic mass is 16.7. The zero-order valence-corrected chi connectivity index (χ0v) is 58.0. The second kappa shape index (κ2) is 66.6. The Hall–Kier alpha value is -1.86. The van der Waals surface area contributed by atoms with E-state index in [1.54, 1.807) is 6.08 Å². The van der Waals surface area contributed by atoms with Gasteiger partial charge in [0.05, 0.1) is 32.0 Å². The molecule has 7 unspecified atom stereocenters. The number of hydrogen-bond acceptors (Lipinski definition) is 10. The molecule has 0 bridgehead atoms. The number of aliphatic hydroxyl groups is 5. The van der Waals surface area contributed by atoms with Crippen LogP contribution in [0.2, 0.25) is 0 Å². The van der Waals surface area contributed by atoms with Crippen LogP contribution in [-0.2, 0) is 23.8 Å². The van der Waals surface area contributed by atoms with Crippen molar-refractivity contribution in [1.82, 2.24) is 5.32 Å². The smallest absolute Gasteiger partial charge is 0.305 e. The van der Waals surface area contributed by atoms with Crippen LogP contribution in [0.4, 0.5) is 0 Å². The lowest BCUT2D eigenvalue weighted by Crippen LogP contribution is -2.60. The number of allylic oxidation sites excluding steroid dienone is 3. The van der Waals surface area contributed by atoms with Gasteiger partial charge in [0, 0.05) is 12.8 Å². The van der Waals surface area contributed by atoms with E-state index in [1.807, 2.05) is 6.08 Å². The number of aliphatic hydroxyl groups excluding tert-OH is 5. The topological polar surface area (TPSA) is 175 Å². The van der Waals surface area contributed by atoms with Crippen molar-refractivity contribution in [3.05, 3.63) is 24.3 Å². The van der Waals surface area contributed by atoms with Crippen LogP contribution >= 0.6 is 0 Å². The molecule has 0 aliphatic carbocycles. The van der Waals surface area contributed by atoms with Gasteiger partial charge in [-0.05, 0) is 44.9 Å². The van der Waals surface area contributed by atoms with Crippen molar-refractivity contribution < 1.29 is 49.3 Å². The Bertz CT molecular complexity index is 1510. The molecule has 520 valence electrons. The van der Waals surface area contributed by atoms with Crippen LogP contribution in [0.5, 0.6) is 0 Å². The third-order valence-corrected chi connectivity index (χ3v) is 18.6. The van der Waals surface area contributed by atoms with Crippen LogP contribution in [0.15, 0.2) is 24.3 Å². The molecule has 11 heteroatoms. The molecule has 88 heavy (non-hydrogen) atoms. The maximum Gasteiger partial charge on any atom is 0.305 e. The molecule has 1 fully saturated rings. The van der Waals surface area contributed by atoms with E-state index in [1.165, 1.54) is 315 Å². The Labute approximate surface area is 543 Å². The Morgan fingerprint density at radius 3 is 1.12 bits per heavy atom. The molecule has 0 aromatic carbocycles. The number of carbonyl (C=O) groups excluding carboxylic acids is 2. The van der Waals surface area contributed by atoms with Crippen LogP contribution in [0.3, 0.4) is 0 Å². The minimum atomic E-state index is -1.57. The quantitative estimate of drug-likeness (QED) is 0.0195. The summed E-state index contributed by atoms with van der Waals surface area (Å²) in [4.78, 5) is 25.1. The first-order valence-corrected chi connectivity index (χ1v) is 38.6. The summed E-state index contributed by atoms with van der Waals surface area (Å²) in [5, 5.41) is 54.5. The minimum absolute atomic E-state index is 0.0172. The standard InChI is InChI=1S/C77H147NO10/c1-3-5-7-9-11-13-15-40-43-47-51-55-59-63-70(80)69(68-87-77-76(85)75(84)74(83)71(67-79)88-77)78-72(81)64-60-56-52-48-44-41-38-36-34-32-30-28-26-24-22-20-18-17-19-21-23-25-27-29-31-33-35-37-39-42-46-50-54-58-62-66-86-73(82)65-61-57-53-49-45-16-14-12-10-8-6-4-2/h43,47,59,63,69-71,74-77,79-80,83-85H,3-42,44-46,48-58,60-62,64-68H2,1-2H3,(H,78,81)/b47-43+,63-59+. The van der Waals surface area contributed by atoms with E-state index in [2.05, 4.69) is 31.3 Å². The van der Waals surface area contributed by atoms with Crippen LogP contribution in [0, 0.1) is 0 Å². The number of unbranched alkanes of at least 4 members (excludes halogenated alkanes) is 53. The summed E-state index contributed by atoms with van der Waals surface area (Å²) < 4.78 is 16.8. The summed E-state index contributed by atoms with van der Waals surface area (Å²) in [6.45, 7) is 4.37. The highest BCUT2D eigenvalue weighted by Crippen LogP contribution is 2.24. The van der Waals surface area contributed by atoms with Crippen LogP contribution < -0.4 is 5.32 Å². The van der Waals surface area contributed by atoms with Crippen LogP contribution in [-0.4, -0.2) is 100 Å². The van der Waals surface area contributed by atoms with Gasteiger partial charge in [0.2, 0.25) is 5.91 Å². The van der Waals surface area contributed by atoms with Crippen molar-refractivity contribution in [1.29, 1.82) is 0 Å². The van der Waals surface area contributed by atoms with Gasteiger partial charge in [-0.15, -0.1) is 0 Å². The monoisotopic (exact) mass is 1250 g/mol. The van der Waals surface area contributed by atoms with Crippen LogP contribution in [0.25, 0.3) is 0 Å². The Kier molecular flexibility index (Phi) is 63.7. The van der Waals surface area contributed by atoms with Crippen molar-refractivity contribution in [3.8, 4) is 0 Å². The summed E-state index contributed by atoms with van der Waals surface area (Å²) in [7, 11) is 0. The molecule has 1 aliphatic heterocycles. The predicted octanol–water partition coefficient (Wildman–Crippen LogP) is 20.4. The summed E-state index contributed by atoms with van der Waals surface area (Å²) in [5.41, 5.74) is 0. The summed E-state index contributed by atoms with van der Waals surface area (Å²) in [5.74, 6) is -0.167. The third kappa shape index (κ3) is 54.7. The number of carbonyl (C=O) groups is 2. The fourth-order valence-electron chi connectivity index (χ4n) is 12.5. The highest BCUT2D eigenvalue weighted by Gasteiger charge is 2.44. The van der Waals surface area contributed by atoms with Crippen molar-refractivity contribution in [3.63, 3.8) is 0 Å². The summed E-state index contributed by atoms with van der Waals surface area (Å²) in [6, 6.07) is -0.823. The Balaban J connectivity index is 1.91. The average molecular weight is 1250 g/mol. The van der Waals surface area contributed by atoms with E-state index in [0.717, 1.165) is 51.4 Å². The fourth-order valence-corrected chi connectivity index (χ4v) is 12.5. The minimum Gasteiger partial charge on any atom is -0.466 e. The normalized spacial score (nSPS) is 17.8. The molecule has 7 atom stereocenters. The lowest BCUT2D eigenvalue weighted by Gasteiger charge is -2.40. The summed E-state index contributed by atoms with van der Waals surface area (Å²) in [6.07, 6.45) is 74.9. The Morgan fingerprint density at radius 2 is 0.739 bits per heavy atom. The molecular weight excluding hydrogens is 1100 g/mol. The van der Waals surface area contributed by atoms with Gasteiger partial charge in [0.1, 0.15) is 24.4 Å². The number of amides is 1. The van der Waals surface area contributed by atoms with E-state index < -0.39 is 49.5 Å². The van der Waals surface area contributed by atoms with Crippen LogP contribution in [0.1, 0.15) is 393 Å². The van der Waals surface area contributed by atoms with E-state index in [4.69, 9.17) is 14.2 Å². The number of ether oxygens (including phenoxy) is 3. The molecule has 11 nitrogen and oxygen atoms in total. The maximum absolute atomic E-state index is 13.1. The maximum atomic E-state index is 13.1. The second-order valence-electron chi connectivity index (χ2n) is 27.1. The van der Waals surface area contributed by atoms with Crippen molar-refractivity contribution >= 4 is 11.9 Å². The van der Waals surface area contributed by atoms with Crippen molar-refractivity contribution in [2.45, 2.75) is 436 Å². The largest absolute Gasteiger partial charge is 0.466 e. The van der Waals surface area contributed by atoms with Gasteiger partial charge in [-0.25, -0.2) is 0 Å². The molecule has 1 amide bonds. The SMILES string of the molecule is CCCCCCCCC/C=C/CC/C=C/C(O)C(COC1OC(CO)C(O)C(O)C1O)NC(=O)CCCCCCCCCCCCCCCCCCCCCCCCCCCCCCCCCCCCCOC(=O)CCCCCCCCCCCCCC. The molecule has 1 aliphatic rings. The fraction of sp³-hybridized carbons (Fsp3) is 0.922. The van der Waals surface area contributed by atoms with E-state index in [-0.39, 0.29) is 18.5 Å². The first-order valence-electron chi connectivity index (χ1n) is 38.6. The average Bonchev–Trinajstić information content (AvgIpc) is 3.33. The molecule has 0 saturated carbocycles. The lowest BCUT2D eigenvalue weighted by atomic mass is 9.99. The van der Waals surface area contributed by atoms with Gasteiger partial charge in [0.25, 0.3) is 0 Å². The third-order valence-electron chi connectivity index (χ3n) is 18.6. The molecule has 6 N–H and O–H groups in total. The van der Waals surface area contributed by atoms with E-state index >= 15 is 0 Å². The second-order valence-corrected chi connectivity index (χ2v) is 27.1. The molecule has 1 saturated heterocycles. The zero-order valence-electron chi connectivity index (χ0n) is 58.0. The number of esters is 1. The lowest BCUT2D eigenvalue weighted by molar-refractivity contribution is -0.302. The van der Waals surface area contributed by atoms with Gasteiger partial charge in [-0.3, -0.25) is 9.59 Å². The van der Waals surface area contributed by atoms with E-state index in [0.29, 0.717) is 19.4 Å². The van der Waals surface area contributed by atoms with Crippen molar-refractivity contribution in [2.24, 2.45) is 0 Å². The number of nitrogens with one attached hydrogen (secondary N) is 1. The zero-order chi connectivity index (χ0) is 63.7. The first kappa shape index (κ1) is 84.2. The van der Waals surface area contributed by atoms with Gasteiger partial charge in [-0.1, -0.05) is 359 Å². The van der Waals surface area contributed by atoms with Crippen molar-refractivity contribution in [2.75, 3.05) is 19.8 Å². The molecule has 0 aromatic rings. The van der Waals surface area contributed by atoms with Gasteiger partial charge < -0.3 is 45.1 Å². The molecule has 0 spiro atoms. The molecular formula is C77H147NO10. The number of rotatable bonds is 69. The molecule has 0 aromatic heterocycles. The first-order chi connectivity index (χ1) is 43.2. The molecule has 1 rings (SSSR count). The van der Waals surface area contributed by atoms with E-state index in [9.17, 15) is 35.1 Å². The number of hydrogen-bond donors (Lipinski definition) is 6. The summed E-state index contributed by atoms with van der Waals surface area (Å²) >= 11 is 0. The Morgan fingerprint density at radius 1 is 0.409 bits per heavy atom. The highest BCUT2D eigenvalue weighted by molar-refractivity contribution is 5.76. The predicted molar refractivity (Wildman–Crippen MR) is 371 cm³/mol.